The molecule has 0 aliphatic heterocycles. The second kappa shape index (κ2) is 7.14. The third-order valence-electron chi connectivity index (χ3n) is 2.96. The van der Waals surface area contributed by atoms with Crippen molar-refractivity contribution >= 4 is 11.6 Å². The van der Waals surface area contributed by atoms with Crippen molar-refractivity contribution in [3.8, 4) is 0 Å². The standard InChI is InChI=1S/C15H24N2O2/c1-4-14(18)12-7-5-6-8-13(12)17(9-11(2)3)10-15(16)19/h5-8,11,14,18H,4,9-10H2,1-3H3,(H2,16,19)/t14-/m0/s1. The van der Waals surface area contributed by atoms with Gasteiger partial charge in [0.25, 0.3) is 0 Å². The van der Waals surface area contributed by atoms with E-state index in [0.29, 0.717) is 12.3 Å². The van der Waals surface area contributed by atoms with E-state index < -0.39 is 6.10 Å². The SMILES string of the molecule is CC[C@H](O)c1ccccc1N(CC(N)=O)CC(C)C. The molecule has 1 atom stereocenters. The number of aliphatic hydroxyl groups excluding tert-OH is 1. The molecular formula is C15H24N2O2. The van der Waals surface area contributed by atoms with Crippen molar-refractivity contribution in [3.63, 3.8) is 0 Å². The lowest BCUT2D eigenvalue weighted by Crippen LogP contribution is -2.37. The summed E-state index contributed by atoms with van der Waals surface area (Å²) in [4.78, 5) is 13.2. The fourth-order valence-corrected chi connectivity index (χ4v) is 2.15. The van der Waals surface area contributed by atoms with Crippen molar-refractivity contribution in [2.45, 2.75) is 33.3 Å². The van der Waals surface area contributed by atoms with Crippen LogP contribution in [0.15, 0.2) is 24.3 Å². The van der Waals surface area contributed by atoms with Gasteiger partial charge in [-0.1, -0.05) is 39.0 Å². The number of para-hydroxylation sites is 1. The smallest absolute Gasteiger partial charge is 0.236 e. The van der Waals surface area contributed by atoms with Gasteiger partial charge in [0.15, 0.2) is 0 Å². The van der Waals surface area contributed by atoms with E-state index in [1.54, 1.807) is 0 Å². The molecule has 4 heteroatoms. The molecule has 0 radical (unpaired) electrons. The number of hydrogen-bond acceptors (Lipinski definition) is 3. The quantitative estimate of drug-likeness (QED) is 0.792. The first-order valence-electron chi connectivity index (χ1n) is 6.75. The summed E-state index contributed by atoms with van der Waals surface area (Å²) in [6.45, 7) is 7.02. The number of hydrogen-bond donors (Lipinski definition) is 2. The lowest BCUT2D eigenvalue weighted by atomic mass is 10.0. The van der Waals surface area contributed by atoms with E-state index in [2.05, 4.69) is 13.8 Å². The topological polar surface area (TPSA) is 66.6 Å². The van der Waals surface area contributed by atoms with Crippen molar-refractivity contribution in [1.29, 1.82) is 0 Å². The Morgan fingerprint density at radius 1 is 1.37 bits per heavy atom. The molecule has 0 bridgehead atoms. The minimum absolute atomic E-state index is 0.172. The van der Waals surface area contributed by atoms with Crippen LogP contribution in [0.2, 0.25) is 0 Å². The summed E-state index contributed by atoms with van der Waals surface area (Å²) in [7, 11) is 0. The van der Waals surface area contributed by atoms with Gasteiger partial charge in [-0.05, 0) is 18.4 Å². The normalized spacial score (nSPS) is 12.5. The predicted octanol–water partition coefficient (Wildman–Crippen LogP) is 2.08. The Kier molecular flexibility index (Phi) is 5.83. The summed E-state index contributed by atoms with van der Waals surface area (Å²) in [5.74, 6) is 0.0487. The number of primary amides is 1. The number of carbonyl (C=O) groups excluding carboxylic acids is 1. The van der Waals surface area contributed by atoms with Gasteiger partial charge in [0.1, 0.15) is 0 Å². The Balaban J connectivity index is 3.09. The van der Waals surface area contributed by atoms with E-state index in [4.69, 9.17) is 5.73 Å². The first kappa shape index (κ1) is 15.5. The number of aliphatic hydroxyl groups is 1. The van der Waals surface area contributed by atoms with Crippen molar-refractivity contribution in [3.05, 3.63) is 29.8 Å². The zero-order valence-corrected chi connectivity index (χ0v) is 12.0. The molecule has 19 heavy (non-hydrogen) atoms. The molecule has 0 aliphatic rings. The van der Waals surface area contributed by atoms with Crippen molar-refractivity contribution < 1.29 is 9.90 Å². The molecule has 0 fully saturated rings. The second-order valence-electron chi connectivity index (χ2n) is 5.22. The summed E-state index contributed by atoms with van der Waals surface area (Å²) in [6, 6.07) is 7.64. The highest BCUT2D eigenvalue weighted by Crippen LogP contribution is 2.28. The minimum atomic E-state index is -0.515. The maximum absolute atomic E-state index is 11.2. The number of rotatable bonds is 7. The van der Waals surface area contributed by atoms with Gasteiger partial charge in [0.05, 0.1) is 12.6 Å². The molecule has 1 aromatic carbocycles. The number of carbonyl (C=O) groups is 1. The van der Waals surface area contributed by atoms with Crippen LogP contribution >= 0.6 is 0 Å². The molecule has 106 valence electrons. The molecule has 0 spiro atoms. The van der Waals surface area contributed by atoms with Crippen LogP contribution in [0.5, 0.6) is 0 Å². The fourth-order valence-electron chi connectivity index (χ4n) is 2.15. The van der Waals surface area contributed by atoms with Gasteiger partial charge in [-0.15, -0.1) is 0 Å². The van der Waals surface area contributed by atoms with Gasteiger partial charge in [-0.25, -0.2) is 0 Å². The molecule has 0 saturated carbocycles. The van der Waals surface area contributed by atoms with E-state index in [1.807, 2.05) is 36.1 Å². The van der Waals surface area contributed by atoms with Crippen LogP contribution in [-0.2, 0) is 4.79 Å². The first-order chi connectivity index (χ1) is 8.95. The molecule has 3 N–H and O–H groups in total. The van der Waals surface area contributed by atoms with Crippen LogP contribution in [-0.4, -0.2) is 24.1 Å². The van der Waals surface area contributed by atoms with Crippen LogP contribution in [0.1, 0.15) is 38.9 Å². The maximum atomic E-state index is 11.2. The van der Waals surface area contributed by atoms with Crippen molar-refractivity contribution in [1.82, 2.24) is 0 Å². The number of nitrogens with zero attached hydrogens (tertiary/aromatic N) is 1. The van der Waals surface area contributed by atoms with Crippen LogP contribution in [0.4, 0.5) is 5.69 Å². The molecular weight excluding hydrogens is 240 g/mol. The molecule has 0 heterocycles. The minimum Gasteiger partial charge on any atom is -0.388 e. The highest BCUT2D eigenvalue weighted by molar-refractivity contribution is 5.80. The Morgan fingerprint density at radius 3 is 2.53 bits per heavy atom. The Bertz CT molecular complexity index is 418. The molecule has 1 rings (SSSR count). The summed E-state index contributed by atoms with van der Waals surface area (Å²) in [5, 5.41) is 10.1. The van der Waals surface area contributed by atoms with Gasteiger partial charge >= 0.3 is 0 Å². The summed E-state index contributed by atoms with van der Waals surface area (Å²) in [5.41, 5.74) is 7.07. The summed E-state index contributed by atoms with van der Waals surface area (Å²) < 4.78 is 0. The first-order valence-corrected chi connectivity index (χ1v) is 6.75. The average molecular weight is 264 g/mol. The number of benzene rings is 1. The predicted molar refractivity (Wildman–Crippen MR) is 77.9 cm³/mol. The third-order valence-corrected chi connectivity index (χ3v) is 2.96. The molecule has 4 nitrogen and oxygen atoms in total. The van der Waals surface area contributed by atoms with Gasteiger partial charge in [-0.3, -0.25) is 4.79 Å². The average Bonchev–Trinajstić information content (AvgIpc) is 2.36. The highest BCUT2D eigenvalue weighted by atomic mass is 16.3. The monoisotopic (exact) mass is 264 g/mol. The van der Waals surface area contributed by atoms with Crippen LogP contribution in [0.3, 0.4) is 0 Å². The van der Waals surface area contributed by atoms with E-state index in [-0.39, 0.29) is 12.5 Å². The number of amides is 1. The van der Waals surface area contributed by atoms with Gasteiger partial charge in [-0.2, -0.15) is 0 Å². The molecule has 1 aromatic rings. The lowest BCUT2D eigenvalue weighted by Gasteiger charge is -2.28. The zero-order chi connectivity index (χ0) is 14.4. The van der Waals surface area contributed by atoms with Crippen LogP contribution < -0.4 is 10.6 Å². The highest BCUT2D eigenvalue weighted by Gasteiger charge is 2.17. The molecule has 0 unspecified atom stereocenters. The number of nitrogens with two attached hydrogens (primary N) is 1. The second-order valence-corrected chi connectivity index (χ2v) is 5.22. The Labute approximate surface area is 115 Å². The lowest BCUT2D eigenvalue weighted by molar-refractivity contribution is -0.116. The largest absolute Gasteiger partial charge is 0.388 e. The van der Waals surface area contributed by atoms with E-state index in [1.165, 1.54) is 0 Å². The summed E-state index contributed by atoms with van der Waals surface area (Å²) >= 11 is 0. The van der Waals surface area contributed by atoms with Gasteiger partial charge in [0, 0.05) is 17.8 Å². The van der Waals surface area contributed by atoms with Gasteiger partial charge in [0.2, 0.25) is 5.91 Å². The summed E-state index contributed by atoms with van der Waals surface area (Å²) in [6.07, 6.45) is 0.127. The fraction of sp³-hybridized carbons (Fsp3) is 0.533. The van der Waals surface area contributed by atoms with Crippen LogP contribution in [0.25, 0.3) is 0 Å². The number of anilines is 1. The van der Waals surface area contributed by atoms with Crippen LogP contribution in [0, 0.1) is 5.92 Å². The molecule has 0 aliphatic carbocycles. The molecule has 0 aromatic heterocycles. The maximum Gasteiger partial charge on any atom is 0.236 e. The Hall–Kier alpha value is -1.55. The van der Waals surface area contributed by atoms with Crippen molar-refractivity contribution in [2.75, 3.05) is 18.0 Å². The van der Waals surface area contributed by atoms with E-state index >= 15 is 0 Å². The molecule has 0 saturated heterocycles. The van der Waals surface area contributed by atoms with Crippen molar-refractivity contribution in [2.24, 2.45) is 11.7 Å². The Morgan fingerprint density at radius 2 is 2.00 bits per heavy atom. The van der Waals surface area contributed by atoms with E-state index in [9.17, 15) is 9.90 Å². The molecule has 1 amide bonds. The van der Waals surface area contributed by atoms with E-state index in [0.717, 1.165) is 17.8 Å². The third kappa shape index (κ3) is 4.56. The zero-order valence-electron chi connectivity index (χ0n) is 12.0. The van der Waals surface area contributed by atoms with Gasteiger partial charge < -0.3 is 15.7 Å².